The smallest absolute Gasteiger partial charge is 0.326 e. The number of hydrogen-bond acceptors (Lipinski definition) is 8. The van der Waals surface area contributed by atoms with Crippen molar-refractivity contribution in [1.29, 1.82) is 0 Å². The first-order valence-electron chi connectivity index (χ1n) is 15.2. The summed E-state index contributed by atoms with van der Waals surface area (Å²) in [6.07, 6.45) is 2.33. The lowest BCUT2D eigenvalue weighted by Crippen LogP contribution is -2.59. The minimum atomic E-state index is -1.33. The summed E-state index contributed by atoms with van der Waals surface area (Å²) in [6, 6.07) is -6.32. The maximum Gasteiger partial charge on any atom is 0.326 e. The van der Waals surface area contributed by atoms with E-state index in [1.54, 1.807) is 13.8 Å². The summed E-state index contributed by atoms with van der Waals surface area (Å²) >= 11 is 0. The molecule has 43 heavy (non-hydrogen) atoms. The highest BCUT2D eigenvalue weighted by Gasteiger charge is 2.40. The molecule has 1 heterocycles. The number of hydrogen-bond donors (Lipinski definition) is 7. The largest absolute Gasteiger partial charge is 0.480 e. The zero-order valence-electron chi connectivity index (χ0n) is 26.5. The zero-order valence-corrected chi connectivity index (χ0v) is 26.5. The Kier molecular flexibility index (Phi) is 15.6. The number of nitrogens with zero attached hydrogens (tertiary/aromatic N) is 1. The quantitative estimate of drug-likeness (QED) is 0.112. The minimum Gasteiger partial charge on any atom is -0.480 e. The molecule has 8 N–H and O–H groups in total. The lowest BCUT2D eigenvalue weighted by molar-refractivity contribution is -0.146. The normalized spacial score (nSPS) is 19.8. The molecule has 0 aliphatic carbocycles. The summed E-state index contributed by atoms with van der Waals surface area (Å²) < 4.78 is 0. The van der Waals surface area contributed by atoms with Gasteiger partial charge in [0.25, 0.3) is 0 Å². The molecule has 1 saturated heterocycles. The molecule has 1 aliphatic heterocycles. The highest BCUT2D eigenvalue weighted by molar-refractivity contribution is 5.96. The molecular weight excluding hydrogens is 560 g/mol. The van der Waals surface area contributed by atoms with Crippen LogP contribution in [0.15, 0.2) is 0 Å². The van der Waals surface area contributed by atoms with E-state index in [1.165, 1.54) is 11.8 Å². The van der Waals surface area contributed by atoms with Crippen molar-refractivity contribution in [2.45, 2.75) is 117 Å². The lowest BCUT2D eigenvalue weighted by Gasteiger charge is -2.31. The first kappa shape index (κ1) is 37.8. The maximum atomic E-state index is 13.6. The molecule has 0 aromatic carbocycles. The molecule has 0 spiro atoms. The van der Waals surface area contributed by atoms with Gasteiger partial charge in [0.1, 0.15) is 30.2 Å². The SMILES string of the molecule is CC[C@H](C)[C@H](N)C(=O)N[C@@H](CO)C(=O)N[C@@H](C)C(=O)N[C@@H](CC(C)C)C(=O)N1CCC[C@H]1C(=O)N[C@H](C(=O)O)[C@@H](C)CC. The van der Waals surface area contributed by atoms with Crippen LogP contribution in [0.5, 0.6) is 0 Å². The molecule has 1 rings (SSSR count). The number of aliphatic hydroxyl groups excluding tert-OH is 1. The van der Waals surface area contributed by atoms with Crippen molar-refractivity contribution in [1.82, 2.24) is 26.2 Å². The molecule has 0 unspecified atom stereocenters. The van der Waals surface area contributed by atoms with Gasteiger partial charge in [0.2, 0.25) is 29.5 Å². The van der Waals surface area contributed by atoms with Crippen LogP contribution in [0, 0.1) is 17.8 Å². The van der Waals surface area contributed by atoms with Crippen LogP contribution in [0.2, 0.25) is 0 Å². The molecule has 0 aromatic heterocycles. The lowest BCUT2D eigenvalue weighted by atomic mass is 9.98. The fraction of sp³-hybridized carbons (Fsp3) is 0.793. The van der Waals surface area contributed by atoms with E-state index in [0.29, 0.717) is 25.7 Å². The van der Waals surface area contributed by atoms with E-state index < -0.39 is 78.4 Å². The summed E-state index contributed by atoms with van der Waals surface area (Å²) in [6.45, 7) is 11.9. The van der Waals surface area contributed by atoms with E-state index in [0.717, 1.165) is 0 Å². The van der Waals surface area contributed by atoms with Gasteiger partial charge in [-0.05, 0) is 43.9 Å². The number of nitrogens with one attached hydrogen (secondary N) is 4. The predicted octanol–water partition coefficient (Wildman–Crippen LogP) is -0.521. The minimum absolute atomic E-state index is 0.0143. The Balaban J connectivity index is 2.96. The van der Waals surface area contributed by atoms with Gasteiger partial charge in [-0.2, -0.15) is 0 Å². The van der Waals surface area contributed by atoms with Crippen molar-refractivity contribution in [3.05, 3.63) is 0 Å². The fourth-order valence-corrected chi connectivity index (χ4v) is 4.78. The second-order valence-electron chi connectivity index (χ2n) is 12.0. The summed E-state index contributed by atoms with van der Waals surface area (Å²) in [5.74, 6) is -4.74. The molecule has 0 radical (unpaired) electrons. The Bertz CT molecular complexity index is 992. The molecule has 8 atom stereocenters. The Labute approximate surface area is 254 Å². The second kappa shape index (κ2) is 17.8. The third-order valence-electron chi connectivity index (χ3n) is 8.06. The number of carbonyl (C=O) groups is 6. The van der Waals surface area contributed by atoms with E-state index in [4.69, 9.17) is 5.73 Å². The Morgan fingerprint density at radius 2 is 1.42 bits per heavy atom. The molecule has 14 heteroatoms. The number of carboxylic acid groups (broad SMARTS) is 1. The third-order valence-corrected chi connectivity index (χ3v) is 8.06. The molecule has 1 fully saturated rings. The number of amides is 5. The molecular formula is C29H52N6O8. The van der Waals surface area contributed by atoms with Gasteiger partial charge >= 0.3 is 5.97 Å². The van der Waals surface area contributed by atoms with Crippen LogP contribution in [0.1, 0.15) is 80.6 Å². The van der Waals surface area contributed by atoms with Crippen molar-refractivity contribution in [3.63, 3.8) is 0 Å². The van der Waals surface area contributed by atoms with Crippen molar-refractivity contribution in [2.24, 2.45) is 23.5 Å². The van der Waals surface area contributed by atoms with Gasteiger partial charge in [0.15, 0.2) is 0 Å². The van der Waals surface area contributed by atoms with Gasteiger partial charge in [-0.15, -0.1) is 0 Å². The third kappa shape index (κ3) is 11.1. The zero-order chi connectivity index (χ0) is 33.0. The molecule has 246 valence electrons. The number of aliphatic hydroxyl groups is 1. The number of carbonyl (C=O) groups excluding carboxylic acids is 5. The Hall–Kier alpha value is -3.26. The van der Waals surface area contributed by atoms with Crippen molar-refractivity contribution in [3.8, 4) is 0 Å². The molecule has 0 saturated carbocycles. The second-order valence-corrected chi connectivity index (χ2v) is 12.0. The number of rotatable bonds is 17. The van der Waals surface area contributed by atoms with E-state index >= 15 is 0 Å². The van der Waals surface area contributed by atoms with Crippen molar-refractivity contribution < 1.29 is 39.0 Å². The molecule has 0 bridgehead atoms. The number of nitrogens with two attached hydrogens (primary N) is 1. The van der Waals surface area contributed by atoms with Crippen molar-refractivity contribution >= 4 is 35.5 Å². The van der Waals surface area contributed by atoms with Crippen molar-refractivity contribution in [2.75, 3.05) is 13.2 Å². The van der Waals surface area contributed by atoms with Gasteiger partial charge in [0.05, 0.1) is 12.6 Å². The topological polar surface area (TPSA) is 220 Å². The summed E-state index contributed by atoms with van der Waals surface area (Å²) in [5.41, 5.74) is 5.91. The standard InChI is InChI=1S/C29H52N6O8/c1-8-16(5)22(30)27(40)33-20(14-36)25(38)31-18(7)24(37)32-19(13-15(3)4)28(41)35-12-10-11-21(35)26(39)34-23(29(42)43)17(6)9-2/h15-23,36H,8-14,30H2,1-7H3,(H,31,38)(H,32,37)(H,33,40)(H,34,39)(H,42,43)/t16-,17-,18-,19-,20-,21-,22-,23-/m0/s1. The number of carboxylic acids is 1. The number of likely N-dealkylation sites (tertiary alicyclic amines) is 1. The molecule has 14 nitrogen and oxygen atoms in total. The van der Waals surface area contributed by atoms with Gasteiger partial charge in [-0.3, -0.25) is 24.0 Å². The van der Waals surface area contributed by atoms with Gasteiger partial charge < -0.3 is 42.1 Å². The van der Waals surface area contributed by atoms with Crippen LogP contribution in [-0.4, -0.2) is 100 Å². The van der Waals surface area contributed by atoms with Crippen LogP contribution < -0.4 is 27.0 Å². The highest BCUT2D eigenvalue weighted by atomic mass is 16.4. The molecule has 0 aromatic rings. The summed E-state index contributed by atoms with van der Waals surface area (Å²) in [5, 5.41) is 29.4. The van der Waals surface area contributed by atoms with Crippen LogP contribution in [0.25, 0.3) is 0 Å². The maximum absolute atomic E-state index is 13.6. The summed E-state index contributed by atoms with van der Waals surface area (Å²) in [4.78, 5) is 78.1. The predicted molar refractivity (Wildman–Crippen MR) is 159 cm³/mol. The van der Waals surface area contributed by atoms with E-state index in [9.17, 15) is 39.0 Å². The van der Waals surface area contributed by atoms with Crippen LogP contribution in [-0.2, 0) is 28.8 Å². The Morgan fingerprint density at radius 1 is 0.837 bits per heavy atom. The first-order chi connectivity index (χ1) is 20.1. The Morgan fingerprint density at radius 3 is 1.93 bits per heavy atom. The first-order valence-corrected chi connectivity index (χ1v) is 15.2. The monoisotopic (exact) mass is 612 g/mol. The van der Waals surface area contributed by atoms with Gasteiger partial charge in [0, 0.05) is 6.54 Å². The van der Waals surface area contributed by atoms with Crippen LogP contribution in [0.4, 0.5) is 0 Å². The summed E-state index contributed by atoms with van der Waals surface area (Å²) in [7, 11) is 0. The average Bonchev–Trinajstić information content (AvgIpc) is 3.45. The average molecular weight is 613 g/mol. The van der Waals surface area contributed by atoms with E-state index in [-0.39, 0.29) is 30.7 Å². The molecule has 5 amide bonds. The highest BCUT2D eigenvalue weighted by Crippen LogP contribution is 2.21. The van der Waals surface area contributed by atoms with Crippen LogP contribution in [0.3, 0.4) is 0 Å². The fourth-order valence-electron chi connectivity index (χ4n) is 4.78. The van der Waals surface area contributed by atoms with Gasteiger partial charge in [-0.1, -0.05) is 54.4 Å². The van der Waals surface area contributed by atoms with E-state index in [2.05, 4.69) is 21.3 Å². The number of aliphatic carboxylic acids is 1. The van der Waals surface area contributed by atoms with E-state index in [1.807, 2.05) is 27.7 Å². The van der Waals surface area contributed by atoms with Crippen LogP contribution >= 0.6 is 0 Å². The molecule has 1 aliphatic rings. The van der Waals surface area contributed by atoms with Gasteiger partial charge in [-0.25, -0.2) is 4.79 Å².